The Morgan fingerprint density at radius 1 is 1.12 bits per heavy atom. The van der Waals surface area contributed by atoms with E-state index in [4.69, 9.17) is 5.73 Å². The molecule has 2 aliphatic heterocycles. The van der Waals surface area contributed by atoms with Crippen LogP contribution in [0.1, 0.15) is 50.6 Å². The predicted octanol–water partition coefficient (Wildman–Crippen LogP) is 2.08. The Morgan fingerprint density at radius 2 is 1.79 bits per heavy atom. The van der Waals surface area contributed by atoms with E-state index in [0.29, 0.717) is 6.42 Å². The van der Waals surface area contributed by atoms with E-state index in [0.717, 1.165) is 44.3 Å². The van der Waals surface area contributed by atoms with Crippen LogP contribution in [-0.2, 0) is 9.59 Å². The minimum absolute atomic E-state index is 0.213. The van der Waals surface area contributed by atoms with Crippen molar-refractivity contribution in [2.75, 3.05) is 13.1 Å². The lowest BCUT2D eigenvalue weighted by atomic mass is 9.98. The van der Waals surface area contributed by atoms with Crippen molar-refractivity contribution in [3.05, 3.63) is 35.9 Å². The lowest BCUT2D eigenvalue weighted by molar-refractivity contribution is -0.133. The molecule has 5 nitrogen and oxygen atoms in total. The van der Waals surface area contributed by atoms with Crippen molar-refractivity contribution >= 4 is 11.8 Å². The maximum Gasteiger partial charge on any atom is 0.239 e. The molecule has 2 fully saturated rings. The van der Waals surface area contributed by atoms with Crippen LogP contribution in [0.4, 0.5) is 0 Å². The molecule has 0 aliphatic carbocycles. The van der Waals surface area contributed by atoms with Gasteiger partial charge < -0.3 is 10.6 Å². The first kappa shape index (κ1) is 17.0. The van der Waals surface area contributed by atoms with Crippen LogP contribution in [-0.4, -0.2) is 46.8 Å². The van der Waals surface area contributed by atoms with Gasteiger partial charge in [0.05, 0.1) is 0 Å². The molecule has 3 atom stereocenters. The summed E-state index contributed by atoms with van der Waals surface area (Å²) in [7, 11) is 0. The van der Waals surface area contributed by atoms with Gasteiger partial charge in [0, 0.05) is 25.0 Å². The maximum absolute atomic E-state index is 12.3. The summed E-state index contributed by atoms with van der Waals surface area (Å²) in [5, 5.41) is 0. The molecule has 130 valence electrons. The first-order valence-corrected chi connectivity index (χ1v) is 9.03. The SMILES string of the molecule is CCC(=O)N1CCC[C@@H]1[C@H]1CCCN1[C@@H](C(N)=O)c1ccccc1. The summed E-state index contributed by atoms with van der Waals surface area (Å²) in [5.74, 6) is -0.0841. The molecule has 2 N–H and O–H groups in total. The van der Waals surface area contributed by atoms with Gasteiger partial charge in [-0.15, -0.1) is 0 Å². The van der Waals surface area contributed by atoms with Crippen LogP contribution in [0.25, 0.3) is 0 Å². The highest BCUT2D eigenvalue weighted by molar-refractivity contribution is 5.81. The van der Waals surface area contributed by atoms with Gasteiger partial charge in [0.15, 0.2) is 0 Å². The third-order valence-corrected chi connectivity index (χ3v) is 5.42. The highest BCUT2D eigenvalue weighted by Crippen LogP contribution is 2.35. The largest absolute Gasteiger partial charge is 0.368 e. The van der Waals surface area contributed by atoms with Crippen LogP contribution in [0.2, 0.25) is 0 Å². The number of benzene rings is 1. The second-order valence-corrected chi connectivity index (χ2v) is 6.81. The number of nitrogens with two attached hydrogens (primary N) is 1. The fourth-order valence-corrected chi connectivity index (χ4v) is 4.41. The number of nitrogens with zero attached hydrogens (tertiary/aromatic N) is 2. The number of hydrogen-bond acceptors (Lipinski definition) is 3. The minimum atomic E-state index is -0.405. The number of carbonyl (C=O) groups excluding carboxylic acids is 2. The summed E-state index contributed by atoms with van der Waals surface area (Å²) in [6.07, 6.45) is 4.68. The fourth-order valence-electron chi connectivity index (χ4n) is 4.41. The van der Waals surface area contributed by atoms with Gasteiger partial charge >= 0.3 is 0 Å². The first-order chi connectivity index (χ1) is 11.6. The van der Waals surface area contributed by atoms with E-state index in [1.807, 2.05) is 42.2 Å². The normalized spacial score (nSPS) is 25.8. The molecule has 2 saturated heterocycles. The second-order valence-electron chi connectivity index (χ2n) is 6.81. The summed E-state index contributed by atoms with van der Waals surface area (Å²) in [4.78, 5) is 28.8. The molecule has 0 aromatic heterocycles. The zero-order valence-electron chi connectivity index (χ0n) is 14.4. The molecule has 0 spiro atoms. The molecule has 2 heterocycles. The van der Waals surface area contributed by atoms with Gasteiger partial charge in [0.25, 0.3) is 0 Å². The monoisotopic (exact) mass is 329 g/mol. The van der Waals surface area contributed by atoms with Crippen LogP contribution < -0.4 is 5.73 Å². The van der Waals surface area contributed by atoms with Gasteiger partial charge in [-0.3, -0.25) is 14.5 Å². The topological polar surface area (TPSA) is 66.6 Å². The number of likely N-dealkylation sites (tertiary alicyclic amines) is 2. The minimum Gasteiger partial charge on any atom is -0.368 e. The summed E-state index contributed by atoms with van der Waals surface area (Å²) in [6, 6.07) is 9.80. The van der Waals surface area contributed by atoms with E-state index in [1.54, 1.807) is 0 Å². The zero-order valence-corrected chi connectivity index (χ0v) is 14.4. The average molecular weight is 329 g/mol. The zero-order chi connectivity index (χ0) is 17.1. The van der Waals surface area contributed by atoms with Gasteiger partial charge in [0.1, 0.15) is 6.04 Å². The predicted molar refractivity (Wildman–Crippen MR) is 93.1 cm³/mol. The van der Waals surface area contributed by atoms with Crippen molar-refractivity contribution in [3.63, 3.8) is 0 Å². The first-order valence-electron chi connectivity index (χ1n) is 9.03. The van der Waals surface area contributed by atoms with E-state index < -0.39 is 6.04 Å². The Morgan fingerprint density at radius 3 is 2.46 bits per heavy atom. The van der Waals surface area contributed by atoms with Crippen LogP contribution in [0.3, 0.4) is 0 Å². The molecular formula is C19H27N3O2. The van der Waals surface area contributed by atoms with Gasteiger partial charge in [-0.05, 0) is 37.8 Å². The van der Waals surface area contributed by atoms with E-state index in [-0.39, 0.29) is 23.9 Å². The summed E-state index contributed by atoms with van der Waals surface area (Å²) in [6.45, 7) is 3.62. The molecule has 0 unspecified atom stereocenters. The number of amides is 2. The van der Waals surface area contributed by atoms with Crippen molar-refractivity contribution in [2.45, 2.75) is 57.2 Å². The van der Waals surface area contributed by atoms with Crippen LogP contribution in [0, 0.1) is 0 Å². The average Bonchev–Trinajstić information content (AvgIpc) is 3.23. The maximum atomic E-state index is 12.3. The highest BCUT2D eigenvalue weighted by Gasteiger charge is 2.43. The molecule has 5 heteroatoms. The van der Waals surface area contributed by atoms with E-state index in [9.17, 15) is 9.59 Å². The van der Waals surface area contributed by atoms with Crippen molar-refractivity contribution in [2.24, 2.45) is 5.73 Å². The van der Waals surface area contributed by atoms with Gasteiger partial charge in [-0.25, -0.2) is 0 Å². The molecule has 24 heavy (non-hydrogen) atoms. The summed E-state index contributed by atoms with van der Waals surface area (Å²) in [5.41, 5.74) is 6.72. The lowest BCUT2D eigenvalue weighted by Gasteiger charge is -2.38. The number of hydrogen-bond donors (Lipinski definition) is 1. The van der Waals surface area contributed by atoms with Crippen molar-refractivity contribution in [1.82, 2.24) is 9.80 Å². The summed E-state index contributed by atoms with van der Waals surface area (Å²) >= 11 is 0. The standard InChI is InChI=1S/C19H27N3O2/c1-2-17(23)21-12-6-10-15(21)16-11-7-13-22(16)18(19(20)24)14-8-4-3-5-9-14/h3-5,8-9,15-16,18H,2,6-7,10-13H2,1H3,(H2,20,24)/t15-,16-,18-/m1/s1. The Labute approximate surface area is 143 Å². The number of rotatable bonds is 5. The Hall–Kier alpha value is -1.88. The third kappa shape index (κ3) is 3.18. The quantitative estimate of drug-likeness (QED) is 0.899. The number of primary amides is 1. The van der Waals surface area contributed by atoms with Crippen molar-refractivity contribution in [1.29, 1.82) is 0 Å². The molecule has 2 amide bonds. The molecular weight excluding hydrogens is 302 g/mol. The second kappa shape index (κ2) is 7.34. The van der Waals surface area contributed by atoms with E-state index in [1.165, 1.54) is 0 Å². The summed E-state index contributed by atoms with van der Waals surface area (Å²) < 4.78 is 0. The van der Waals surface area contributed by atoms with Crippen molar-refractivity contribution in [3.8, 4) is 0 Å². The van der Waals surface area contributed by atoms with E-state index >= 15 is 0 Å². The molecule has 1 aromatic rings. The molecule has 1 aromatic carbocycles. The molecule has 0 saturated carbocycles. The van der Waals surface area contributed by atoms with Crippen LogP contribution >= 0.6 is 0 Å². The smallest absolute Gasteiger partial charge is 0.239 e. The van der Waals surface area contributed by atoms with Gasteiger partial charge in [-0.2, -0.15) is 0 Å². The third-order valence-electron chi connectivity index (χ3n) is 5.42. The highest BCUT2D eigenvalue weighted by atomic mass is 16.2. The Bertz CT molecular complexity index is 590. The Balaban J connectivity index is 1.86. The van der Waals surface area contributed by atoms with Gasteiger partial charge in [-0.1, -0.05) is 37.3 Å². The molecule has 3 rings (SSSR count). The van der Waals surface area contributed by atoms with Crippen molar-refractivity contribution < 1.29 is 9.59 Å². The molecule has 0 radical (unpaired) electrons. The molecule has 0 bridgehead atoms. The van der Waals surface area contributed by atoms with Crippen LogP contribution in [0.15, 0.2) is 30.3 Å². The lowest BCUT2D eigenvalue weighted by Crippen LogP contribution is -2.51. The number of carbonyl (C=O) groups is 2. The van der Waals surface area contributed by atoms with Gasteiger partial charge in [0.2, 0.25) is 11.8 Å². The van der Waals surface area contributed by atoms with Crippen LogP contribution in [0.5, 0.6) is 0 Å². The Kier molecular flexibility index (Phi) is 5.19. The molecule has 2 aliphatic rings. The van der Waals surface area contributed by atoms with E-state index in [2.05, 4.69) is 4.90 Å². The fraction of sp³-hybridized carbons (Fsp3) is 0.579.